The van der Waals surface area contributed by atoms with Crippen molar-refractivity contribution in [1.82, 2.24) is 9.55 Å². The van der Waals surface area contributed by atoms with Crippen LogP contribution in [0.2, 0.25) is 0 Å². The Morgan fingerprint density at radius 1 is 1.33 bits per heavy atom. The first-order valence-electron chi connectivity index (χ1n) is 8.82. The molecule has 166 valence electrons. The Morgan fingerprint density at radius 2 is 2.00 bits per heavy atom. The first-order valence-corrected chi connectivity index (χ1v) is 8.82. The van der Waals surface area contributed by atoms with Gasteiger partial charge >= 0.3 is 17.6 Å². The molecule has 14 nitrogen and oxygen atoms in total. The third-order valence-electron chi connectivity index (χ3n) is 4.19. The van der Waals surface area contributed by atoms with Crippen molar-refractivity contribution < 1.29 is 39.2 Å². The molecule has 8 N–H and O–H groups in total. The van der Waals surface area contributed by atoms with E-state index in [0.29, 0.717) is 0 Å². The molecule has 1 aromatic heterocycles. The van der Waals surface area contributed by atoms with E-state index < -0.39 is 73.2 Å². The summed E-state index contributed by atoms with van der Waals surface area (Å²) in [5.41, 5.74) is 9.69. The van der Waals surface area contributed by atoms with E-state index in [-0.39, 0.29) is 5.82 Å². The smallest absolute Gasteiger partial charge is 0.351 e. The molecule has 0 radical (unpaired) electrons. The van der Waals surface area contributed by atoms with E-state index in [9.17, 15) is 29.4 Å². The Morgan fingerprint density at radius 3 is 2.57 bits per heavy atom. The molecule has 6 atom stereocenters. The molecule has 0 saturated carbocycles. The molecule has 1 amide bonds. The SMILES string of the molecule is CC(N)C(=O)OCC1OC(n2ccc(NC(=O)CC(N)C(=O)O)nc2=O)C(O)C1O. The van der Waals surface area contributed by atoms with Gasteiger partial charge in [0.15, 0.2) is 6.23 Å². The van der Waals surface area contributed by atoms with Gasteiger partial charge < -0.3 is 41.6 Å². The number of amides is 1. The van der Waals surface area contributed by atoms with Crippen molar-refractivity contribution in [2.75, 3.05) is 11.9 Å². The van der Waals surface area contributed by atoms with E-state index in [1.807, 2.05) is 0 Å². The summed E-state index contributed by atoms with van der Waals surface area (Å²) in [7, 11) is 0. The number of ether oxygens (including phenoxy) is 2. The quantitative estimate of drug-likeness (QED) is 0.221. The molecule has 0 bridgehead atoms. The van der Waals surface area contributed by atoms with Crippen LogP contribution < -0.4 is 22.5 Å². The number of rotatable bonds is 8. The zero-order chi connectivity index (χ0) is 22.6. The van der Waals surface area contributed by atoms with Gasteiger partial charge in [-0.15, -0.1) is 0 Å². The summed E-state index contributed by atoms with van der Waals surface area (Å²) in [6.45, 7) is 1.02. The van der Waals surface area contributed by atoms with Crippen LogP contribution in [0.1, 0.15) is 19.6 Å². The van der Waals surface area contributed by atoms with Crippen LogP contribution >= 0.6 is 0 Å². The number of esters is 1. The normalized spacial score (nSPS) is 25.4. The van der Waals surface area contributed by atoms with Crippen molar-refractivity contribution in [3.8, 4) is 0 Å². The maximum absolute atomic E-state index is 12.3. The lowest BCUT2D eigenvalue weighted by Gasteiger charge is -2.17. The Bertz CT molecular complexity index is 858. The number of hydrogen-bond acceptors (Lipinski definition) is 11. The molecule has 30 heavy (non-hydrogen) atoms. The van der Waals surface area contributed by atoms with Crippen LogP contribution in [0.25, 0.3) is 0 Å². The predicted molar refractivity (Wildman–Crippen MR) is 97.9 cm³/mol. The number of aliphatic hydroxyl groups is 2. The zero-order valence-electron chi connectivity index (χ0n) is 15.9. The van der Waals surface area contributed by atoms with Crippen LogP contribution in [-0.2, 0) is 23.9 Å². The average Bonchev–Trinajstić information content (AvgIpc) is 2.94. The molecule has 1 fully saturated rings. The number of nitrogens with one attached hydrogen (secondary N) is 1. The van der Waals surface area contributed by atoms with Crippen molar-refractivity contribution in [3.05, 3.63) is 22.7 Å². The van der Waals surface area contributed by atoms with Gasteiger partial charge in [0.05, 0.1) is 6.42 Å². The Balaban J connectivity index is 2.05. The number of aromatic nitrogens is 2. The maximum Gasteiger partial charge on any atom is 0.351 e. The molecular formula is C16H23N5O9. The van der Waals surface area contributed by atoms with Gasteiger partial charge in [-0.25, -0.2) is 4.79 Å². The summed E-state index contributed by atoms with van der Waals surface area (Å²) >= 11 is 0. The fourth-order valence-corrected chi connectivity index (χ4v) is 2.55. The monoisotopic (exact) mass is 429 g/mol. The third kappa shape index (κ3) is 5.58. The summed E-state index contributed by atoms with van der Waals surface area (Å²) in [5.74, 6) is -3.03. The molecule has 1 aliphatic heterocycles. The molecule has 1 saturated heterocycles. The Hall–Kier alpha value is -2.91. The molecule has 0 spiro atoms. The lowest BCUT2D eigenvalue weighted by Crippen LogP contribution is -2.37. The zero-order valence-corrected chi connectivity index (χ0v) is 15.9. The molecule has 2 heterocycles. The molecule has 1 aliphatic rings. The van der Waals surface area contributed by atoms with E-state index >= 15 is 0 Å². The minimum Gasteiger partial charge on any atom is -0.480 e. The summed E-state index contributed by atoms with van der Waals surface area (Å²) in [5, 5.41) is 31.2. The van der Waals surface area contributed by atoms with Gasteiger partial charge in [0.25, 0.3) is 0 Å². The summed E-state index contributed by atoms with van der Waals surface area (Å²) in [4.78, 5) is 49.7. The van der Waals surface area contributed by atoms with Gasteiger partial charge in [-0.05, 0) is 13.0 Å². The lowest BCUT2D eigenvalue weighted by molar-refractivity contribution is -0.151. The van der Waals surface area contributed by atoms with Crippen molar-refractivity contribution >= 4 is 23.7 Å². The number of aliphatic carboxylic acids is 1. The molecule has 14 heteroatoms. The van der Waals surface area contributed by atoms with Crippen LogP contribution in [0.5, 0.6) is 0 Å². The predicted octanol–water partition coefficient (Wildman–Crippen LogP) is -3.51. The van der Waals surface area contributed by atoms with Crippen LogP contribution in [-0.4, -0.2) is 79.7 Å². The first kappa shape index (κ1) is 23.4. The average molecular weight is 429 g/mol. The maximum atomic E-state index is 12.3. The molecule has 1 aromatic rings. The standard InChI is InChI=1S/C16H23N5O9/c1-6(17)15(27)29-5-8-11(23)12(24)13(30-8)21-3-2-9(20-16(21)28)19-10(22)4-7(18)14(25)26/h2-3,6-8,11-13,23-24H,4-5,17-18H2,1H3,(H,25,26)(H,19,20,22,28). The molecule has 6 unspecified atom stereocenters. The highest BCUT2D eigenvalue weighted by Gasteiger charge is 2.44. The number of nitrogens with zero attached hydrogens (tertiary/aromatic N) is 2. The largest absolute Gasteiger partial charge is 0.480 e. The third-order valence-corrected chi connectivity index (χ3v) is 4.19. The van der Waals surface area contributed by atoms with E-state index in [1.54, 1.807) is 0 Å². The topological polar surface area (TPSA) is 229 Å². The summed E-state index contributed by atoms with van der Waals surface area (Å²) in [6.07, 6.45) is -4.81. The fourth-order valence-electron chi connectivity index (χ4n) is 2.55. The second-order valence-electron chi connectivity index (χ2n) is 6.66. The molecule has 0 aliphatic carbocycles. The summed E-state index contributed by atoms with van der Waals surface area (Å²) < 4.78 is 11.2. The number of carboxylic acid groups (broad SMARTS) is 1. The number of nitrogens with two attached hydrogens (primary N) is 2. The number of carbonyl (C=O) groups is 3. The van der Waals surface area contributed by atoms with E-state index in [2.05, 4.69) is 10.3 Å². The number of carboxylic acids is 1. The summed E-state index contributed by atoms with van der Waals surface area (Å²) in [6, 6.07) is -1.09. The van der Waals surface area contributed by atoms with Gasteiger partial charge in [0.2, 0.25) is 5.91 Å². The van der Waals surface area contributed by atoms with Crippen LogP contribution in [0.15, 0.2) is 17.1 Å². The molecular weight excluding hydrogens is 406 g/mol. The lowest BCUT2D eigenvalue weighted by atomic mass is 10.1. The fraction of sp³-hybridized carbons (Fsp3) is 0.562. The highest BCUT2D eigenvalue weighted by Crippen LogP contribution is 2.28. The van der Waals surface area contributed by atoms with Gasteiger partial charge in [0.1, 0.15) is 42.8 Å². The highest BCUT2D eigenvalue weighted by molar-refractivity contribution is 5.93. The number of anilines is 1. The van der Waals surface area contributed by atoms with Crippen LogP contribution in [0.3, 0.4) is 0 Å². The molecule has 2 rings (SSSR count). The second-order valence-corrected chi connectivity index (χ2v) is 6.66. The van der Waals surface area contributed by atoms with Crippen LogP contribution in [0.4, 0.5) is 5.82 Å². The van der Waals surface area contributed by atoms with Crippen molar-refractivity contribution in [1.29, 1.82) is 0 Å². The van der Waals surface area contributed by atoms with Crippen LogP contribution in [0, 0.1) is 0 Å². The highest BCUT2D eigenvalue weighted by atomic mass is 16.6. The minimum absolute atomic E-state index is 0.172. The van der Waals surface area contributed by atoms with Gasteiger partial charge in [-0.2, -0.15) is 4.98 Å². The molecule has 0 aromatic carbocycles. The Labute approximate surface area is 169 Å². The van der Waals surface area contributed by atoms with Crippen molar-refractivity contribution in [2.24, 2.45) is 11.5 Å². The number of hydrogen-bond donors (Lipinski definition) is 6. The first-order chi connectivity index (χ1) is 14.0. The van der Waals surface area contributed by atoms with Gasteiger partial charge in [-0.3, -0.25) is 19.0 Å². The van der Waals surface area contributed by atoms with Gasteiger partial charge in [-0.1, -0.05) is 0 Å². The van der Waals surface area contributed by atoms with E-state index in [1.165, 1.54) is 13.0 Å². The van der Waals surface area contributed by atoms with Crippen molar-refractivity contribution in [2.45, 2.75) is 50.0 Å². The van der Waals surface area contributed by atoms with Crippen molar-refractivity contribution in [3.63, 3.8) is 0 Å². The number of aliphatic hydroxyl groups excluding tert-OH is 2. The van der Waals surface area contributed by atoms with E-state index in [0.717, 1.165) is 10.8 Å². The van der Waals surface area contributed by atoms with Gasteiger partial charge in [0, 0.05) is 6.20 Å². The number of carbonyl (C=O) groups excluding carboxylic acids is 2. The second kappa shape index (κ2) is 9.73. The van der Waals surface area contributed by atoms with E-state index in [4.69, 9.17) is 26.0 Å². The minimum atomic E-state index is -1.53. The Kier molecular flexibility index (Phi) is 7.58.